The molecule has 0 bridgehead atoms. The predicted molar refractivity (Wildman–Crippen MR) is 85.1 cm³/mol. The van der Waals surface area contributed by atoms with E-state index in [-0.39, 0.29) is 12.5 Å². The molecule has 8 heteroatoms. The van der Waals surface area contributed by atoms with Crippen LogP contribution in [0.4, 0.5) is 0 Å². The van der Waals surface area contributed by atoms with Crippen LogP contribution in [0.1, 0.15) is 27.2 Å². The van der Waals surface area contributed by atoms with Gasteiger partial charge in [0.1, 0.15) is 21.7 Å². The van der Waals surface area contributed by atoms with Crippen molar-refractivity contribution >= 4 is 17.2 Å². The van der Waals surface area contributed by atoms with E-state index >= 15 is 0 Å². The summed E-state index contributed by atoms with van der Waals surface area (Å²) in [6.45, 7) is 1.86. The van der Waals surface area contributed by atoms with E-state index in [0.29, 0.717) is 16.3 Å². The van der Waals surface area contributed by atoms with Gasteiger partial charge in [-0.15, -0.1) is 11.3 Å². The molecule has 0 saturated carbocycles. The van der Waals surface area contributed by atoms with Gasteiger partial charge in [-0.1, -0.05) is 0 Å². The monoisotopic (exact) mass is 332 g/mol. The molecule has 0 saturated heterocycles. The van der Waals surface area contributed by atoms with Crippen molar-refractivity contribution in [2.75, 3.05) is 6.54 Å². The van der Waals surface area contributed by atoms with Crippen LogP contribution in [0.2, 0.25) is 0 Å². The summed E-state index contributed by atoms with van der Waals surface area (Å²) in [6.07, 6.45) is 4.16. The minimum Gasteiger partial charge on any atom is -0.467 e. The molecule has 23 heavy (non-hydrogen) atoms. The van der Waals surface area contributed by atoms with E-state index in [9.17, 15) is 9.90 Å². The summed E-state index contributed by atoms with van der Waals surface area (Å²) in [4.78, 5) is 17.2. The number of amides is 1. The van der Waals surface area contributed by atoms with Crippen molar-refractivity contribution in [3.63, 3.8) is 0 Å². The number of rotatable bonds is 5. The molecule has 3 aromatic heterocycles. The van der Waals surface area contributed by atoms with Crippen molar-refractivity contribution in [1.82, 2.24) is 20.1 Å². The highest BCUT2D eigenvalue weighted by molar-refractivity contribution is 7.17. The van der Waals surface area contributed by atoms with E-state index in [1.165, 1.54) is 17.6 Å². The van der Waals surface area contributed by atoms with Crippen LogP contribution in [0.15, 0.2) is 35.2 Å². The number of hydrogen-bond donors (Lipinski definition) is 2. The highest BCUT2D eigenvalue weighted by Crippen LogP contribution is 2.27. The number of carbonyl (C=O) groups excluding carboxylic acids is 1. The maximum absolute atomic E-state index is 12.3. The molecular weight excluding hydrogens is 316 g/mol. The fourth-order valence-corrected chi connectivity index (χ4v) is 3.07. The quantitative estimate of drug-likeness (QED) is 0.744. The Bertz CT molecular complexity index is 807. The summed E-state index contributed by atoms with van der Waals surface area (Å²) < 4.78 is 6.79. The molecule has 1 atom stereocenters. The Hall–Kier alpha value is -2.45. The zero-order valence-electron chi connectivity index (χ0n) is 12.7. The SMILES string of the molecule is Cc1nc(-c2cnn(C)c2)sc1C(=O)NCC(O)c1ccco1. The lowest BCUT2D eigenvalue weighted by Gasteiger charge is -2.08. The van der Waals surface area contributed by atoms with Crippen LogP contribution in [0.3, 0.4) is 0 Å². The van der Waals surface area contributed by atoms with E-state index in [2.05, 4.69) is 15.4 Å². The molecule has 7 nitrogen and oxygen atoms in total. The summed E-state index contributed by atoms with van der Waals surface area (Å²) in [5.41, 5.74) is 1.52. The van der Waals surface area contributed by atoms with Gasteiger partial charge < -0.3 is 14.8 Å². The standard InChI is InChI=1S/C15H16N4O3S/c1-9-13(23-15(18-9)10-6-17-19(2)8-10)14(21)16-7-11(20)12-4-3-5-22-12/h3-6,8,11,20H,7H2,1-2H3,(H,16,21). The summed E-state index contributed by atoms with van der Waals surface area (Å²) in [5.74, 6) is 0.156. The Morgan fingerprint density at radius 2 is 2.39 bits per heavy atom. The van der Waals surface area contributed by atoms with Gasteiger partial charge in [-0.3, -0.25) is 9.48 Å². The second-order valence-corrected chi connectivity index (χ2v) is 6.08. The molecule has 0 aliphatic rings. The molecule has 120 valence electrons. The van der Waals surface area contributed by atoms with Crippen molar-refractivity contribution in [2.24, 2.45) is 7.05 Å². The number of thiazole rings is 1. The number of aromatic nitrogens is 3. The van der Waals surface area contributed by atoms with Crippen molar-refractivity contribution in [3.05, 3.63) is 47.1 Å². The van der Waals surface area contributed by atoms with Gasteiger partial charge in [0.05, 0.1) is 24.7 Å². The predicted octanol–water partition coefficient (Wildman–Crippen LogP) is 1.91. The molecule has 3 rings (SSSR count). The second kappa shape index (κ2) is 6.35. The van der Waals surface area contributed by atoms with Crippen LogP contribution in [0, 0.1) is 6.92 Å². The van der Waals surface area contributed by atoms with Gasteiger partial charge in [0, 0.05) is 18.8 Å². The van der Waals surface area contributed by atoms with Gasteiger partial charge in [-0.2, -0.15) is 5.10 Å². The maximum atomic E-state index is 12.3. The largest absolute Gasteiger partial charge is 0.467 e. The highest BCUT2D eigenvalue weighted by atomic mass is 32.1. The smallest absolute Gasteiger partial charge is 0.263 e. The Morgan fingerprint density at radius 3 is 3.04 bits per heavy atom. The zero-order valence-corrected chi connectivity index (χ0v) is 13.5. The molecular formula is C15H16N4O3S. The third-order valence-electron chi connectivity index (χ3n) is 3.28. The molecule has 0 radical (unpaired) electrons. The number of aliphatic hydroxyl groups is 1. The molecule has 1 unspecified atom stereocenters. The normalized spacial score (nSPS) is 12.3. The van der Waals surface area contributed by atoms with Crippen molar-refractivity contribution in [1.29, 1.82) is 0 Å². The Labute approximate surface area is 136 Å². The number of nitrogens with one attached hydrogen (secondary N) is 1. The number of hydrogen-bond acceptors (Lipinski definition) is 6. The molecule has 3 heterocycles. The van der Waals surface area contributed by atoms with Gasteiger partial charge in [-0.25, -0.2) is 4.98 Å². The molecule has 0 spiro atoms. The molecule has 3 aromatic rings. The maximum Gasteiger partial charge on any atom is 0.263 e. The van der Waals surface area contributed by atoms with E-state index < -0.39 is 6.10 Å². The lowest BCUT2D eigenvalue weighted by atomic mass is 10.2. The Morgan fingerprint density at radius 1 is 1.57 bits per heavy atom. The van der Waals surface area contributed by atoms with E-state index in [1.807, 2.05) is 13.2 Å². The van der Waals surface area contributed by atoms with E-state index in [0.717, 1.165) is 10.6 Å². The van der Waals surface area contributed by atoms with Gasteiger partial charge in [0.25, 0.3) is 5.91 Å². The summed E-state index contributed by atoms with van der Waals surface area (Å²) in [5, 5.41) is 17.5. The molecule has 0 fully saturated rings. The fourth-order valence-electron chi connectivity index (χ4n) is 2.11. The van der Waals surface area contributed by atoms with Gasteiger partial charge in [0.15, 0.2) is 0 Å². The lowest BCUT2D eigenvalue weighted by Crippen LogP contribution is -2.28. The van der Waals surface area contributed by atoms with Crippen molar-refractivity contribution in [3.8, 4) is 10.6 Å². The zero-order chi connectivity index (χ0) is 16.4. The van der Waals surface area contributed by atoms with Crippen LogP contribution in [0.5, 0.6) is 0 Å². The van der Waals surface area contributed by atoms with Crippen LogP contribution in [-0.2, 0) is 7.05 Å². The first-order valence-electron chi connectivity index (χ1n) is 7.00. The number of nitrogens with zero attached hydrogens (tertiary/aromatic N) is 3. The summed E-state index contributed by atoms with van der Waals surface area (Å²) in [6, 6.07) is 3.35. The first-order chi connectivity index (χ1) is 11.0. The Kier molecular flexibility index (Phi) is 4.26. The summed E-state index contributed by atoms with van der Waals surface area (Å²) in [7, 11) is 1.83. The first-order valence-corrected chi connectivity index (χ1v) is 7.82. The van der Waals surface area contributed by atoms with Gasteiger partial charge in [0.2, 0.25) is 0 Å². The topological polar surface area (TPSA) is 93.2 Å². The number of aliphatic hydroxyl groups excluding tert-OH is 1. The van der Waals surface area contributed by atoms with E-state index in [4.69, 9.17) is 4.42 Å². The molecule has 1 amide bonds. The van der Waals surface area contributed by atoms with Crippen LogP contribution >= 0.6 is 11.3 Å². The number of furan rings is 1. The second-order valence-electron chi connectivity index (χ2n) is 5.08. The Balaban J connectivity index is 1.69. The first kappa shape index (κ1) is 15.4. The minimum absolute atomic E-state index is 0.0753. The third kappa shape index (κ3) is 3.33. The molecule has 0 aromatic carbocycles. The van der Waals surface area contributed by atoms with Gasteiger partial charge >= 0.3 is 0 Å². The van der Waals surface area contributed by atoms with Crippen molar-refractivity contribution in [2.45, 2.75) is 13.0 Å². The highest BCUT2D eigenvalue weighted by Gasteiger charge is 2.18. The average Bonchev–Trinajstić information content (AvgIpc) is 3.24. The number of aryl methyl sites for hydroxylation is 2. The fraction of sp³-hybridized carbons (Fsp3) is 0.267. The lowest BCUT2D eigenvalue weighted by molar-refractivity contribution is 0.0904. The van der Waals surface area contributed by atoms with Crippen LogP contribution < -0.4 is 5.32 Å². The summed E-state index contributed by atoms with van der Waals surface area (Å²) >= 11 is 1.30. The van der Waals surface area contributed by atoms with Gasteiger partial charge in [-0.05, 0) is 19.1 Å². The van der Waals surface area contributed by atoms with Crippen LogP contribution in [-0.4, -0.2) is 32.3 Å². The van der Waals surface area contributed by atoms with Crippen molar-refractivity contribution < 1.29 is 14.3 Å². The molecule has 0 aliphatic carbocycles. The number of carbonyl (C=O) groups is 1. The molecule has 0 aliphatic heterocycles. The van der Waals surface area contributed by atoms with E-state index in [1.54, 1.807) is 29.9 Å². The third-order valence-corrected chi connectivity index (χ3v) is 4.49. The minimum atomic E-state index is -0.875. The van der Waals surface area contributed by atoms with Crippen LogP contribution in [0.25, 0.3) is 10.6 Å². The average molecular weight is 332 g/mol. The molecule has 2 N–H and O–H groups in total.